The maximum absolute atomic E-state index is 13.8. The smallest absolute Gasteiger partial charge is 0.283 e. The zero-order valence-electron chi connectivity index (χ0n) is 13.1. The molecule has 113 valence electrons. The molecule has 6 heteroatoms. The van der Waals surface area contributed by atoms with Gasteiger partial charge in [0.05, 0.1) is 0 Å². The summed E-state index contributed by atoms with van der Waals surface area (Å²) in [5.74, 6) is -0.410. The van der Waals surface area contributed by atoms with Crippen molar-refractivity contribution in [2.75, 3.05) is 0 Å². The van der Waals surface area contributed by atoms with Gasteiger partial charge in [-0.05, 0) is 62.8 Å². The summed E-state index contributed by atoms with van der Waals surface area (Å²) in [6.07, 6.45) is 2.48. The molecule has 3 nitrogen and oxygen atoms in total. The quantitative estimate of drug-likeness (QED) is 0.862. The first-order valence-corrected chi connectivity index (χ1v) is 12.3. The van der Waals surface area contributed by atoms with E-state index in [0.29, 0.717) is 23.1 Å². The Bertz CT molecular complexity index is 612. The van der Waals surface area contributed by atoms with Crippen molar-refractivity contribution >= 4 is 29.5 Å². The van der Waals surface area contributed by atoms with Crippen molar-refractivity contribution in [1.82, 2.24) is 4.98 Å². The van der Waals surface area contributed by atoms with Gasteiger partial charge in [-0.25, -0.2) is 4.39 Å². The summed E-state index contributed by atoms with van der Waals surface area (Å²) in [6.45, 7) is 9.98. The lowest BCUT2D eigenvalue weighted by atomic mass is 10.0. The van der Waals surface area contributed by atoms with Crippen molar-refractivity contribution in [2.45, 2.75) is 39.5 Å². The molecule has 0 saturated heterocycles. The van der Waals surface area contributed by atoms with E-state index in [1.807, 2.05) is 39.2 Å². The van der Waals surface area contributed by atoms with Crippen LogP contribution in [0.15, 0.2) is 17.7 Å². The van der Waals surface area contributed by atoms with Gasteiger partial charge in [0.15, 0.2) is 9.04 Å². The number of allylic oxidation sites excluding steroid dienone is 1. The Morgan fingerprint density at radius 1 is 1.38 bits per heavy atom. The second kappa shape index (κ2) is 5.86. The molecule has 1 aliphatic rings. The number of amides is 1. The Hall–Kier alpha value is -1.25. The Balaban J connectivity index is 2.28. The monoisotopic (exact) mass is 322 g/mol. The van der Waals surface area contributed by atoms with Crippen molar-refractivity contribution in [2.24, 2.45) is 0 Å². The molecule has 0 atom stereocenters. The molecule has 0 unspecified atom stereocenters. The number of fused-ring (bicyclic) bond motifs is 1. The van der Waals surface area contributed by atoms with Crippen LogP contribution in [0.3, 0.4) is 0 Å². The number of halogens is 1. The molecule has 1 aromatic carbocycles. The molecule has 0 saturated carbocycles. The van der Waals surface area contributed by atoms with Gasteiger partial charge in [-0.1, -0.05) is 11.6 Å². The van der Waals surface area contributed by atoms with E-state index in [0.717, 1.165) is 5.57 Å². The van der Waals surface area contributed by atoms with Gasteiger partial charge in [0, 0.05) is 5.56 Å². The van der Waals surface area contributed by atoms with E-state index in [9.17, 15) is 9.18 Å². The fourth-order valence-electron chi connectivity index (χ4n) is 2.63. The third kappa shape index (κ3) is 3.69. The lowest BCUT2D eigenvalue weighted by molar-refractivity contribution is 0.0973. The highest BCUT2D eigenvalue weighted by atomic mass is 28.4. The maximum Gasteiger partial charge on any atom is 0.283 e. The van der Waals surface area contributed by atoms with Gasteiger partial charge >= 0.3 is 0 Å². The first-order chi connectivity index (χ1) is 9.69. The highest BCUT2D eigenvalue weighted by molar-refractivity contribution is 6.77. The minimum absolute atomic E-state index is 0.169. The van der Waals surface area contributed by atoms with Crippen LogP contribution in [0.25, 0.3) is 6.08 Å². The second-order valence-electron chi connectivity index (χ2n) is 6.13. The first-order valence-electron chi connectivity index (χ1n) is 7.00. The fraction of sp³-hybridized carbons (Fsp3) is 0.400. The molecule has 0 spiro atoms. The number of benzene rings is 1. The summed E-state index contributed by atoms with van der Waals surface area (Å²) in [5, 5.41) is 0. The van der Waals surface area contributed by atoms with Gasteiger partial charge in [-0.2, -0.15) is 0 Å². The summed E-state index contributed by atoms with van der Waals surface area (Å²) in [5.41, 5.74) is 2.95. The van der Waals surface area contributed by atoms with Crippen LogP contribution >= 0.6 is 0 Å². The normalized spacial score (nSPS) is 14.1. The molecule has 1 aromatic rings. The highest BCUT2D eigenvalue weighted by Gasteiger charge is 2.29. The largest absolute Gasteiger partial charge is 0.441 e. The van der Waals surface area contributed by atoms with Crippen LogP contribution in [0, 0.1) is 5.82 Å². The summed E-state index contributed by atoms with van der Waals surface area (Å²) in [4.78, 5) is 15.5. The lowest BCUT2D eigenvalue weighted by Gasteiger charge is -2.26. The minimum Gasteiger partial charge on any atom is -0.441 e. The number of hydrogen-bond acceptors (Lipinski definition) is 2. The molecule has 0 aliphatic heterocycles. The van der Waals surface area contributed by atoms with Crippen LogP contribution < -0.4 is 4.98 Å². The third-order valence-electron chi connectivity index (χ3n) is 3.26. The van der Waals surface area contributed by atoms with Crippen LogP contribution in [-0.2, 0) is 10.5 Å². The van der Waals surface area contributed by atoms with E-state index in [-0.39, 0.29) is 11.7 Å². The highest BCUT2D eigenvalue weighted by Crippen LogP contribution is 2.30. The molecule has 0 aromatic heterocycles. The van der Waals surface area contributed by atoms with E-state index in [2.05, 4.69) is 4.98 Å². The van der Waals surface area contributed by atoms with Crippen molar-refractivity contribution in [3.8, 4) is 0 Å². The van der Waals surface area contributed by atoms with Crippen LogP contribution in [0.5, 0.6) is 0 Å². The Kier molecular flexibility index (Phi) is 4.50. The van der Waals surface area contributed by atoms with Gasteiger partial charge in [-0.15, -0.1) is 0 Å². The molecule has 1 radical (unpaired) electrons. The second-order valence-corrected chi connectivity index (χ2v) is 12.0. The predicted octanol–water partition coefficient (Wildman–Crippen LogP) is 3.48. The molecule has 0 fully saturated rings. The summed E-state index contributed by atoms with van der Waals surface area (Å²) in [6, 6.07) is 2.94. The van der Waals surface area contributed by atoms with Gasteiger partial charge in [0.25, 0.3) is 8.48 Å². The molecule has 0 heterocycles. The van der Waals surface area contributed by atoms with Crippen LogP contribution in [0.1, 0.15) is 28.4 Å². The SMILES string of the molecule is CC1=Cc2c(C(=O)N[Si](C)(C)O[Si](C)C)ccc(F)c2C1. The zero-order valence-corrected chi connectivity index (χ0v) is 15.1. The standard InChI is InChI=1S/C15H21FNO2Si2/c1-10-8-12-11(6-7-14(16)13(12)9-10)15(18)17-21(4,5)19-20(2)3/h6-8H,9H2,1-5H3,(H,17,18). The van der Waals surface area contributed by atoms with Crippen LogP contribution in [-0.4, -0.2) is 23.4 Å². The topological polar surface area (TPSA) is 38.3 Å². The van der Waals surface area contributed by atoms with E-state index in [4.69, 9.17) is 4.12 Å². The number of carbonyl (C=O) groups excluding carboxylic acids is 1. The Morgan fingerprint density at radius 2 is 2.05 bits per heavy atom. The molecular weight excluding hydrogens is 301 g/mol. The maximum atomic E-state index is 13.8. The molecule has 0 bridgehead atoms. The lowest BCUT2D eigenvalue weighted by Crippen LogP contribution is -2.53. The Morgan fingerprint density at radius 3 is 2.67 bits per heavy atom. The van der Waals surface area contributed by atoms with E-state index in [1.54, 1.807) is 6.07 Å². The number of carbonyl (C=O) groups is 1. The van der Waals surface area contributed by atoms with Gasteiger partial charge in [0.1, 0.15) is 5.82 Å². The van der Waals surface area contributed by atoms with Crippen LogP contribution in [0.4, 0.5) is 4.39 Å². The predicted molar refractivity (Wildman–Crippen MR) is 87.3 cm³/mol. The van der Waals surface area contributed by atoms with Crippen molar-refractivity contribution in [1.29, 1.82) is 0 Å². The Labute approximate surface area is 128 Å². The van der Waals surface area contributed by atoms with Crippen molar-refractivity contribution < 1.29 is 13.3 Å². The summed E-state index contributed by atoms with van der Waals surface area (Å²) in [7, 11) is -3.11. The number of nitrogens with one attached hydrogen (secondary N) is 1. The average Bonchev–Trinajstić information content (AvgIpc) is 2.69. The minimum atomic E-state index is -2.24. The van der Waals surface area contributed by atoms with E-state index < -0.39 is 17.5 Å². The zero-order chi connectivity index (χ0) is 15.8. The molecular formula is C15H21FNO2Si2. The van der Waals surface area contributed by atoms with Crippen molar-refractivity contribution in [3.05, 3.63) is 40.2 Å². The van der Waals surface area contributed by atoms with Crippen molar-refractivity contribution in [3.63, 3.8) is 0 Å². The van der Waals surface area contributed by atoms with Crippen LogP contribution in [0.2, 0.25) is 26.2 Å². The molecule has 1 amide bonds. The summed E-state index contributed by atoms with van der Waals surface area (Å²) >= 11 is 0. The van der Waals surface area contributed by atoms with E-state index in [1.165, 1.54) is 6.07 Å². The van der Waals surface area contributed by atoms with Gasteiger partial charge in [0.2, 0.25) is 5.91 Å². The first kappa shape index (κ1) is 16.1. The number of rotatable bonds is 4. The molecule has 2 rings (SSSR count). The molecule has 1 aliphatic carbocycles. The molecule has 21 heavy (non-hydrogen) atoms. The van der Waals surface area contributed by atoms with Gasteiger partial charge in [-0.3, -0.25) is 4.79 Å². The van der Waals surface area contributed by atoms with E-state index >= 15 is 0 Å². The fourth-order valence-corrected chi connectivity index (χ4v) is 7.60. The molecule has 1 N–H and O–H groups in total. The van der Waals surface area contributed by atoms with Gasteiger partial charge < -0.3 is 9.10 Å². The summed E-state index contributed by atoms with van der Waals surface area (Å²) < 4.78 is 19.8. The number of hydrogen-bond donors (Lipinski definition) is 1. The third-order valence-corrected chi connectivity index (χ3v) is 7.77. The average molecular weight is 323 g/mol.